The number of benzene rings is 2. The molecule has 0 saturated carbocycles. The molecule has 2 aromatic carbocycles. The van der Waals surface area contributed by atoms with Crippen molar-refractivity contribution in [2.75, 3.05) is 25.5 Å². The van der Waals surface area contributed by atoms with Crippen LogP contribution in [-0.4, -0.2) is 50.2 Å². The van der Waals surface area contributed by atoms with E-state index in [1.807, 2.05) is 57.1 Å². The predicted molar refractivity (Wildman–Crippen MR) is 115 cm³/mol. The Morgan fingerprint density at radius 3 is 2.17 bits per heavy atom. The molecule has 0 spiro atoms. The average molecular weight is 416 g/mol. The van der Waals surface area contributed by atoms with Crippen molar-refractivity contribution in [1.82, 2.24) is 9.21 Å². The Balaban J connectivity index is 2.09. The van der Waals surface area contributed by atoms with Crippen molar-refractivity contribution < 1.29 is 13.2 Å². The van der Waals surface area contributed by atoms with Crippen LogP contribution in [0.25, 0.3) is 0 Å². The summed E-state index contributed by atoms with van der Waals surface area (Å²) in [4.78, 5) is 16.7. The van der Waals surface area contributed by atoms with Gasteiger partial charge in [0.15, 0.2) is 0 Å². The fourth-order valence-electron chi connectivity index (χ4n) is 3.74. The number of hydrogen-bond acceptors (Lipinski definition) is 4. The first kappa shape index (κ1) is 21.3. The lowest BCUT2D eigenvalue weighted by molar-refractivity contribution is -0.134. The van der Waals surface area contributed by atoms with E-state index in [9.17, 15) is 13.2 Å². The van der Waals surface area contributed by atoms with Crippen molar-refractivity contribution in [1.29, 1.82) is 0 Å². The highest BCUT2D eigenvalue weighted by Crippen LogP contribution is 2.38. The summed E-state index contributed by atoms with van der Waals surface area (Å²) in [5.41, 5.74) is 2.80. The number of anilines is 1. The second-order valence-corrected chi connectivity index (χ2v) is 9.64. The van der Waals surface area contributed by atoms with Gasteiger partial charge in [-0.05, 0) is 43.7 Å². The number of amides is 1. The van der Waals surface area contributed by atoms with E-state index in [1.54, 1.807) is 36.1 Å². The maximum absolute atomic E-state index is 13.5. The van der Waals surface area contributed by atoms with Gasteiger partial charge in [0, 0.05) is 38.8 Å². The van der Waals surface area contributed by atoms with Crippen molar-refractivity contribution in [3.8, 4) is 0 Å². The third-order valence-electron chi connectivity index (χ3n) is 5.38. The molecule has 0 unspecified atom stereocenters. The fraction of sp³-hybridized carbons (Fsp3) is 0.409. The van der Waals surface area contributed by atoms with Crippen LogP contribution < -0.4 is 4.90 Å². The van der Waals surface area contributed by atoms with Gasteiger partial charge in [-0.25, -0.2) is 8.42 Å². The second kappa shape index (κ2) is 8.16. The van der Waals surface area contributed by atoms with Crippen LogP contribution in [0.4, 0.5) is 5.69 Å². The quantitative estimate of drug-likeness (QED) is 0.751. The molecule has 6 nitrogen and oxygen atoms in total. The van der Waals surface area contributed by atoms with Crippen molar-refractivity contribution >= 4 is 21.6 Å². The normalized spacial score (nSPS) is 20.1. The van der Waals surface area contributed by atoms with Crippen LogP contribution in [0.1, 0.15) is 37.6 Å². The van der Waals surface area contributed by atoms with Crippen LogP contribution in [-0.2, 0) is 14.8 Å². The number of hydrogen-bond donors (Lipinski definition) is 0. The summed E-state index contributed by atoms with van der Waals surface area (Å²) >= 11 is 0. The Morgan fingerprint density at radius 2 is 1.66 bits per heavy atom. The fourth-order valence-corrected chi connectivity index (χ4v) is 5.39. The molecule has 0 aliphatic carbocycles. The number of nitrogens with zero attached hydrogens (tertiary/aromatic N) is 3. The minimum atomic E-state index is -3.76. The Kier molecular flexibility index (Phi) is 6.00. The summed E-state index contributed by atoms with van der Waals surface area (Å²) in [6, 6.07) is 14.4. The van der Waals surface area contributed by atoms with Gasteiger partial charge in [0.25, 0.3) is 0 Å². The van der Waals surface area contributed by atoms with Crippen LogP contribution in [0.2, 0.25) is 0 Å². The molecule has 0 radical (unpaired) electrons. The number of carbonyl (C=O) groups is 1. The third kappa shape index (κ3) is 4.02. The molecule has 1 fully saturated rings. The molecule has 1 amide bonds. The molecule has 0 N–H and O–H groups in total. The molecule has 29 heavy (non-hydrogen) atoms. The van der Waals surface area contributed by atoms with E-state index in [0.717, 1.165) is 16.8 Å². The van der Waals surface area contributed by atoms with Crippen molar-refractivity contribution in [2.45, 2.75) is 44.3 Å². The van der Waals surface area contributed by atoms with Gasteiger partial charge in [0.2, 0.25) is 15.9 Å². The Morgan fingerprint density at radius 1 is 1.07 bits per heavy atom. The molecule has 1 heterocycles. The molecule has 3 rings (SSSR count). The molecule has 156 valence electrons. The van der Waals surface area contributed by atoms with Crippen LogP contribution in [0, 0.1) is 6.92 Å². The monoisotopic (exact) mass is 415 g/mol. The minimum absolute atomic E-state index is 0.0548. The van der Waals surface area contributed by atoms with Crippen LogP contribution in [0.15, 0.2) is 53.4 Å². The molecule has 2 atom stereocenters. The third-order valence-corrected chi connectivity index (χ3v) is 7.22. The highest BCUT2D eigenvalue weighted by molar-refractivity contribution is 7.89. The summed E-state index contributed by atoms with van der Waals surface area (Å²) in [7, 11) is 0.146. The first-order valence-corrected chi connectivity index (χ1v) is 11.3. The summed E-state index contributed by atoms with van der Waals surface area (Å²) in [5.74, 6) is -0.0548. The molecular formula is C22H29N3O3S. The molecule has 0 aromatic heterocycles. The minimum Gasteiger partial charge on any atom is -0.378 e. The number of carbonyl (C=O) groups excluding carboxylic acids is 1. The van der Waals surface area contributed by atoms with Gasteiger partial charge < -0.3 is 9.80 Å². The first-order valence-electron chi connectivity index (χ1n) is 9.83. The Hall–Kier alpha value is -2.38. The topological polar surface area (TPSA) is 60.9 Å². The zero-order chi connectivity index (χ0) is 21.3. The Bertz CT molecular complexity index is 969. The van der Waals surface area contributed by atoms with Crippen LogP contribution in [0.3, 0.4) is 0 Å². The molecule has 1 aliphatic heterocycles. The van der Waals surface area contributed by atoms with E-state index in [0.29, 0.717) is 6.42 Å². The first-order chi connectivity index (χ1) is 13.7. The standard InChI is InChI=1S/C22H29N3O3S/c1-6-21(26)25-17(3)15-24(29(27,28)20-13-7-16(2)8-14-20)22(25)18-9-11-19(12-10-18)23(4)5/h7-14,17,22H,6,15H2,1-5H3/t17-,22-/m0/s1. The highest BCUT2D eigenvalue weighted by Gasteiger charge is 2.46. The second-order valence-electron chi connectivity index (χ2n) is 7.75. The lowest BCUT2D eigenvalue weighted by atomic mass is 10.1. The van der Waals surface area contributed by atoms with Gasteiger partial charge in [-0.3, -0.25) is 4.79 Å². The highest BCUT2D eigenvalue weighted by atomic mass is 32.2. The van der Waals surface area contributed by atoms with E-state index in [1.165, 1.54) is 4.31 Å². The van der Waals surface area contributed by atoms with Gasteiger partial charge in [-0.2, -0.15) is 4.31 Å². The largest absolute Gasteiger partial charge is 0.378 e. The van der Waals surface area contributed by atoms with Crippen LogP contribution in [0.5, 0.6) is 0 Å². The molecule has 1 saturated heterocycles. The zero-order valence-corrected chi connectivity index (χ0v) is 18.5. The van der Waals surface area contributed by atoms with Crippen LogP contribution >= 0.6 is 0 Å². The lowest BCUT2D eigenvalue weighted by Crippen LogP contribution is -2.39. The number of sulfonamides is 1. The number of aryl methyl sites for hydroxylation is 1. The predicted octanol–water partition coefficient (Wildman–Crippen LogP) is 3.39. The van der Waals surface area contributed by atoms with Gasteiger partial charge in [-0.15, -0.1) is 0 Å². The molecule has 0 bridgehead atoms. The van der Waals surface area contributed by atoms with E-state index in [4.69, 9.17) is 0 Å². The van der Waals surface area contributed by atoms with Crippen molar-refractivity contribution in [3.05, 3.63) is 59.7 Å². The zero-order valence-electron chi connectivity index (χ0n) is 17.7. The summed E-state index contributed by atoms with van der Waals surface area (Å²) in [5, 5.41) is 0. The van der Waals surface area contributed by atoms with Crippen molar-refractivity contribution in [3.63, 3.8) is 0 Å². The van der Waals surface area contributed by atoms with E-state index in [2.05, 4.69) is 0 Å². The Labute approximate surface area is 173 Å². The average Bonchev–Trinajstić information content (AvgIpc) is 3.05. The lowest BCUT2D eigenvalue weighted by Gasteiger charge is -2.31. The number of rotatable bonds is 5. The van der Waals surface area contributed by atoms with E-state index in [-0.39, 0.29) is 23.4 Å². The molecule has 2 aromatic rings. The maximum atomic E-state index is 13.5. The van der Waals surface area contributed by atoms with Gasteiger partial charge in [-0.1, -0.05) is 36.8 Å². The van der Waals surface area contributed by atoms with E-state index < -0.39 is 16.2 Å². The van der Waals surface area contributed by atoms with Crippen molar-refractivity contribution in [2.24, 2.45) is 0 Å². The summed E-state index contributed by atoms with van der Waals surface area (Å²) in [6.07, 6.45) is -0.324. The van der Waals surface area contributed by atoms with E-state index >= 15 is 0 Å². The molecular weight excluding hydrogens is 386 g/mol. The molecule has 1 aliphatic rings. The van der Waals surface area contributed by atoms with Gasteiger partial charge in [0.1, 0.15) is 6.17 Å². The maximum Gasteiger partial charge on any atom is 0.245 e. The summed E-state index contributed by atoms with van der Waals surface area (Å²) < 4.78 is 28.4. The summed E-state index contributed by atoms with van der Waals surface area (Å²) in [6.45, 7) is 5.89. The van der Waals surface area contributed by atoms with Gasteiger partial charge in [0.05, 0.1) is 4.90 Å². The molecule has 7 heteroatoms. The SMILES string of the molecule is CCC(=O)N1[C@@H](c2ccc(N(C)C)cc2)N(S(=O)(=O)c2ccc(C)cc2)C[C@@H]1C. The van der Waals surface area contributed by atoms with Gasteiger partial charge >= 0.3 is 0 Å². The smallest absolute Gasteiger partial charge is 0.245 e.